The number of hydrogen-bond donors (Lipinski definition) is 1. The first-order chi connectivity index (χ1) is 9.59. The monoisotopic (exact) mass is 342 g/mol. The van der Waals surface area contributed by atoms with Crippen LogP contribution in [-0.4, -0.2) is 28.1 Å². The average Bonchev–Trinajstić information content (AvgIpc) is 2.62. The molecule has 0 aromatic carbocycles. The van der Waals surface area contributed by atoms with Gasteiger partial charge in [0, 0.05) is 13.0 Å². The topological polar surface area (TPSA) is 42.7 Å². The van der Waals surface area contributed by atoms with Crippen LogP contribution in [-0.2, 0) is 7.05 Å². The first-order valence-electron chi connectivity index (χ1n) is 7.85. The summed E-state index contributed by atoms with van der Waals surface area (Å²) in [5.74, 6) is 1.99. The first kappa shape index (κ1) is 16.0. The molecular formula is C15H27BrN4. The summed E-state index contributed by atoms with van der Waals surface area (Å²) in [7, 11) is 2.01. The molecule has 20 heavy (non-hydrogen) atoms. The van der Waals surface area contributed by atoms with E-state index >= 15 is 0 Å². The van der Waals surface area contributed by atoms with E-state index in [2.05, 4.69) is 45.4 Å². The van der Waals surface area contributed by atoms with Gasteiger partial charge in [-0.1, -0.05) is 38.3 Å². The minimum absolute atomic E-state index is 0.575. The van der Waals surface area contributed by atoms with Crippen molar-refractivity contribution in [2.24, 2.45) is 18.9 Å². The molecule has 0 bridgehead atoms. The quantitative estimate of drug-likeness (QED) is 0.833. The molecule has 2 atom stereocenters. The molecule has 1 saturated carbocycles. The third kappa shape index (κ3) is 4.04. The van der Waals surface area contributed by atoms with Gasteiger partial charge in [-0.2, -0.15) is 0 Å². The second-order valence-corrected chi connectivity index (χ2v) is 7.20. The Bertz CT molecular complexity index is 397. The van der Waals surface area contributed by atoms with Crippen molar-refractivity contribution >= 4 is 15.9 Å². The fourth-order valence-corrected chi connectivity index (χ4v) is 3.90. The molecule has 2 rings (SSSR count). The summed E-state index contributed by atoms with van der Waals surface area (Å²) in [5.41, 5.74) is 1.28. The number of aryl methyl sites for hydroxylation is 1. The zero-order valence-corrected chi connectivity index (χ0v) is 14.5. The Kier molecular flexibility index (Phi) is 6.02. The molecule has 1 aromatic rings. The summed E-state index contributed by atoms with van der Waals surface area (Å²) >= 11 is 3.58. The summed E-state index contributed by atoms with van der Waals surface area (Å²) in [6.45, 7) is 6.74. The van der Waals surface area contributed by atoms with Crippen LogP contribution in [0.2, 0.25) is 0 Å². The van der Waals surface area contributed by atoms with Crippen molar-refractivity contribution < 1.29 is 0 Å². The molecule has 1 heterocycles. The lowest BCUT2D eigenvalue weighted by Gasteiger charge is -2.26. The van der Waals surface area contributed by atoms with E-state index in [-0.39, 0.29) is 0 Å². The maximum atomic E-state index is 4.17. The molecule has 1 aliphatic carbocycles. The lowest BCUT2D eigenvalue weighted by atomic mass is 9.85. The van der Waals surface area contributed by atoms with Gasteiger partial charge < -0.3 is 5.32 Å². The fourth-order valence-electron chi connectivity index (χ4n) is 3.28. The highest BCUT2D eigenvalue weighted by Crippen LogP contribution is 2.38. The predicted octanol–water partition coefficient (Wildman–Crippen LogP) is 3.49. The van der Waals surface area contributed by atoms with E-state index in [4.69, 9.17) is 0 Å². The molecule has 5 heteroatoms. The van der Waals surface area contributed by atoms with Crippen LogP contribution in [0.4, 0.5) is 0 Å². The molecule has 1 N–H and O–H groups in total. The molecular weight excluding hydrogens is 316 g/mol. The van der Waals surface area contributed by atoms with Crippen LogP contribution in [0.5, 0.6) is 0 Å². The maximum absolute atomic E-state index is 4.17. The molecule has 114 valence electrons. The lowest BCUT2D eigenvalue weighted by molar-refractivity contribution is 0.353. The van der Waals surface area contributed by atoms with Gasteiger partial charge in [0.05, 0.1) is 5.69 Å². The van der Waals surface area contributed by atoms with E-state index in [1.165, 1.54) is 37.8 Å². The van der Waals surface area contributed by atoms with Crippen molar-refractivity contribution in [2.75, 3.05) is 13.1 Å². The number of halogens is 1. The molecule has 1 aliphatic rings. The van der Waals surface area contributed by atoms with Gasteiger partial charge in [-0.05, 0) is 53.7 Å². The SMILES string of the molecule is CC(C)CNCC1CCCCCC1c1c(Br)nnn1C. The van der Waals surface area contributed by atoms with Gasteiger partial charge in [0.15, 0.2) is 4.60 Å². The first-order valence-corrected chi connectivity index (χ1v) is 8.64. The Balaban J connectivity index is 2.09. The zero-order chi connectivity index (χ0) is 14.5. The van der Waals surface area contributed by atoms with Crippen LogP contribution in [0.3, 0.4) is 0 Å². The standard InChI is InChI=1S/C15H27BrN4/c1-11(2)9-17-10-12-7-5-4-6-8-13(12)14-15(16)18-19-20(14)3/h11-13,17H,4-10H2,1-3H3. The van der Waals surface area contributed by atoms with E-state index < -0.39 is 0 Å². The number of rotatable bonds is 5. The summed E-state index contributed by atoms with van der Waals surface area (Å²) in [6.07, 6.45) is 6.61. The van der Waals surface area contributed by atoms with Gasteiger partial charge in [0.2, 0.25) is 0 Å². The highest BCUT2D eigenvalue weighted by molar-refractivity contribution is 9.10. The lowest BCUT2D eigenvalue weighted by Crippen LogP contribution is -2.30. The highest BCUT2D eigenvalue weighted by atomic mass is 79.9. The van der Waals surface area contributed by atoms with Crippen molar-refractivity contribution in [1.29, 1.82) is 0 Å². The summed E-state index contributed by atoms with van der Waals surface area (Å²) in [4.78, 5) is 0. The Morgan fingerprint density at radius 2 is 2.05 bits per heavy atom. The summed E-state index contributed by atoms with van der Waals surface area (Å²) in [5, 5.41) is 12.0. The molecule has 0 spiro atoms. The highest BCUT2D eigenvalue weighted by Gasteiger charge is 2.29. The molecule has 0 saturated heterocycles. The van der Waals surface area contributed by atoms with Gasteiger partial charge in [-0.15, -0.1) is 5.10 Å². The van der Waals surface area contributed by atoms with E-state index in [0.717, 1.165) is 17.7 Å². The van der Waals surface area contributed by atoms with E-state index in [1.807, 2.05) is 11.7 Å². The van der Waals surface area contributed by atoms with Crippen molar-refractivity contribution in [3.05, 3.63) is 10.3 Å². The largest absolute Gasteiger partial charge is 0.316 e. The molecule has 4 nitrogen and oxygen atoms in total. The molecule has 0 amide bonds. The third-order valence-corrected chi connectivity index (χ3v) is 4.86. The second-order valence-electron chi connectivity index (χ2n) is 6.45. The van der Waals surface area contributed by atoms with Crippen molar-refractivity contribution in [2.45, 2.75) is 51.9 Å². The molecule has 2 unspecified atom stereocenters. The fraction of sp³-hybridized carbons (Fsp3) is 0.867. The van der Waals surface area contributed by atoms with Gasteiger partial charge in [-0.3, -0.25) is 4.68 Å². The van der Waals surface area contributed by atoms with Gasteiger partial charge in [0.1, 0.15) is 0 Å². The second kappa shape index (κ2) is 7.55. The Morgan fingerprint density at radius 1 is 1.30 bits per heavy atom. The minimum atomic E-state index is 0.575. The number of nitrogens with zero attached hydrogens (tertiary/aromatic N) is 3. The van der Waals surface area contributed by atoms with Gasteiger partial charge in [-0.25, -0.2) is 0 Å². The van der Waals surface area contributed by atoms with Crippen LogP contribution < -0.4 is 5.32 Å². The van der Waals surface area contributed by atoms with E-state index in [1.54, 1.807) is 0 Å². The predicted molar refractivity (Wildman–Crippen MR) is 85.7 cm³/mol. The van der Waals surface area contributed by atoms with Crippen LogP contribution in [0, 0.1) is 11.8 Å². The molecule has 0 aliphatic heterocycles. The van der Waals surface area contributed by atoms with Crippen LogP contribution in [0.25, 0.3) is 0 Å². The van der Waals surface area contributed by atoms with Gasteiger partial charge >= 0.3 is 0 Å². The Morgan fingerprint density at radius 3 is 2.70 bits per heavy atom. The molecule has 1 fully saturated rings. The minimum Gasteiger partial charge on any atom is -0.316 e. The van der Waals surface area contributed by atoms with Crippen LogP contribution in [0.1, 0.15) is 57.6 Å². The molecule has 1 aromatic heterocycles. The number of nitrogens with one attached hydrogen (secondary N) is 1. The maximum Gasteiger partial charge on any atom is 0.151 e. The van der Waals surface area contributed by atoms with Crippen molar-refractivity contribution in [1.82, 2.24) is 20.3 Å². The zero-order valence-electron chi connectivity index (χ0n) is 12.9. The normalized spacial score (nSPS) is 24.1. The Labute approximate surface area is 130 Å². The van der Waals surface area contributed by atoms with Crippen LogP contribution in [0.15, 0.2) is 4.60 Å². The average molecular weight is 343 g/mol. The number of hydrogen-bond acceptors (Lipinski definition) is 3. The third-order valence-electron chi connectivity index (χ3n) is 4.30. The van der Waals surface area contributed by atoms with Gasteiger partial charge in [0.25, 0.3) is 0 Å². The number of aromatic nitrogens is 3. The summed E-state index contributed by atoms with van der Waals surface area (Å²) < 4.78 is 2.89. The van der Waals surface area contributed by atoms with Crippen molar-refractivity contribution in [3.8, 4) is 0 Å². The van der Waals surface area contributed by atoms with E-state index in [0.29, 0.717) is 17.8 Å². The smallest absolute Gasteiger partial charge is 0.151 e. The van der Waals surface area contributed by atoms with Crippen LogP contribution >= 0.6 is 15.9 Å². The van der Waals surface area contributed by atoms with Crippen molar-refractivity contribution in [3.63, 3.8) is 0 Å². The molecule has 0 radical (unpaired) electrons. The summed E-state index contributed by atoms with van der Waals surface area (Å²) in [6, 6.07) is 0. The van der Waals surface area contributed by atoms with E-state index in [9.17, 15) is 0 Å². The Hall–Kier alpha value is -0.420.